The fourth-order valence-corrected chi connectivity index (χ4v) is 1.74. The number of rotatable bonds is 4. The van der Waals surface area contributed by atoms with Gasteiger partial charge in [0, 0.05) is 25.2 Å². The van der Waals surface area contributed by atoms with Crippen LogP contribution in [0.5, 0.6) is 0 Å². The van der Waals surface area contributed by atoms with Crippen molar-refractivity contribution in [2.75, 3.05) is 7.11 Å². The van der Waals surface area contributed by atoms with Crippen LogP contribution in [0.3, 0.4) is 0 Å². The van der Waals surface area contributed by atoms with Gasteiger partial charge >= 0.3 is 0 Å². The highest BCUT2D eigenvalue weighted by Crippen LogP contribution is 2.15. The van der Waals surface area contributed by atoms with Crippen LogP contribution in [0.15, 0.2) is 36.5 Å². The minimum absolute atomic E-state index is 0.120. The molecule has 4 heteroatoms. The molecular formula is C14H16N2O2. The van der Waals surface area contributed by atoms with E-state index in [4.69, 9.17) is 4.74 Å². The standard InChI is InChI=1S/C14H16N2O2/c1-10(18-2)14(17)16-9-12-6-3-5-11-7-4-8-15-13(11)12/h3-8,10H,9H2,1-2H3,(H,16,17). The van der Waals surface area contributed by atoms with Crippen LogP contribution < -0.4 is 5.32 Å². The van der Waals surface area contributed by atoms with Crippen molar-refractivity contribution in [3.05, 3.63) is 42.1 Å². The monoisotopic (exact) mass is 244 g/mol. The fraction of sp³-hybridized carbons (Fsp3) is 0.286. The third kappa shape index (κ3) is 2.65. The maximum atomic E-state index is 11.6. The van der Waals surface area contributed by atoms with Crippen molar-refractivity contribution in [2.45, 2.75) is 19.6 Å². The molecule has 0 fully saturated rings. The number of nitrogens with one attached hydrogen (secondary N) is 1. The Morgan fingerprint density at radius 2 is 2.17 bits per heavy atom. The molecule has 0 bridgehead atoms. The van der Waals surface area contributed by atoms with Gasteiger partial charge < -0.3 is 10.1 Å². The molecule has 1 aromatic heterocycles. The molecule has 1 heterocycles. The lowest BCUT2D eigenvalue weighted by Crippen LogP contribution is -2.33. The van der Waals surface area contributed by atoms with E-state index in [2.05, 4.69) is 10.3 Å². The summed E-state index contributed by atoms with van der Waals surface area (Å²) in [6, 6.07) is 9.84. The molecule has 18 heavy (non-hydrogen) atoms. The lowest BCUT2D eigenvalue weighted by molar-refractivity contribution is -0.130. The third-order valence-corrected chi connectivity index (χ3v) is 2.89. The molecule has 4 nitrogen and oxygen atoms in total. The molecule has 0 saturated carbocycles. The van der Waals surface area contributed by atoms with Gasteiger partial charge in [0.2, 0.25) is 5.91 Å². The molecule has 2 aromatic rings. The smallest absolute Gasteiger partial charge is 0.249 e. The minimum atomic E-state index is -0.437. The first-order chi connectivity index (χ1) is 8.72. The van der Waals surface area contributed by atoms with Gasteiger partial charge in [-0.05, 0) is 18.6 Å². The van der Waals surface area contributed by atoms with Gasteiger partial charge in [-0.25, -0.2) is 0 Å². The molecule has 0 saturated heterocycles. The zero-order valence-corrected chi connectivity index (χ0v) is 10.5. The topological polar surface area (TPSA) is 51.2 Å². The number of carbonyl (C=O) groups excluding carboxylic acids is 1. The number of carbonyl (C=O) groups is 1. The van der Waals surface area contributed by atoms with E-state index in [0.717, 1.165) is 16.5 Å². The highest BCUT2D eigenvalue weighted by molar-refractivity contribution is 5.83. The van der Waals surface area contributed by atoms with Gasteiger partial charge in [0.05, 0.1) is 5.52 Å². The number of para-hydroxylation sites is 1. The zero-order valence-electron chi connectivity index (χ0n) is 10.5. The Morgan fingerprint density at radius 1 is 1.39 bits per heavy atom. The largest absolute Gasteiger partial charge is 0.372 e. The summed E-state index contributed by atoms with van der Waals surface area (Å²) in [5.41, 5.74) is 1.93. The van der Waals surface area contributed by atoms with E-state index in [1.54, 1.807) is 13.1 Å². The average molecular weight is 244 g/mol. The van der Waals surface area contributed by atoms with E-state index >= 15 is 0 Å². The van der Waals surface area contributed by atoms with E-state index in [1.165, 1.54) is 7.11 Å². The zero-order chi connectivity index (χ0) is 13.0. The number of hydrogen-bond acceptors (Lipinski definition) is 3. The number of ether oxygens (including phenoxy) is 1. The van der Waals surface area contributed by atoms with Gasteiger partial charge in [-0.2, -0.15) is 0 Å². The van der Waals surface area contributed by atoms with E-state index in [-0.39, 0.29) is 5.91 Å². The summed E-state index contributed by atoms with van der Waals surface area (Å²) in [7, 11) is 1.52. The van der Waals surface area contributed by atoms with Crippen molar-refractivity contribution < 1.29 is 9.53 Å². The first-order valence-electron chi connectivity index (χ1n) is 5.85. The number of hydrogen-bond donors (Lipinski definition) is 1. The van der Waals surface area contributed by atoms with Crippen molar-refractivity contribution in [1.29, 1.82) is 0 Å². The molecule has 1 aromatic carbocycles. The Bertz CT molecular complexity index is 549. The first-order valence-corrected chi connectivity index (χ1v) is 5.85. The SMILES string of the molecule is COC(C)C(=O)NCc1cccc2cccnc12. The summed E-state index contributed by atoms with van der Waals surface area (Å²) in [6.45, 7) is 2.18. The quantitative estimate of drug-likeness (QED) is 0.893. The number of benzene rings is 1. The molecule has 1 unspecified atom stereocenters. The van der Waals surface area contributed by atoms with E-state index in [9.17, 15) is 4.79 Å². The maximum Gasteiger partial charge on any atom is 0.249 e. The number of aromatic nitrogens is 1. The molecule has 0 spiro atoms. The normalized spacial score (nSPS) is 12.3. The summed E-state index contributed by atoms with van der Waals surface area (Å²) >= 11 is 0. The second kappa shape index (κ2) is 5.60. The van der Waals surface area contributed by atoms with Crippen LogP contribution in [-0.2, 0) is 16.1 Å². The summed E-state index contributed by atoms with van der Waals surface area (Å²) < 4.78 is 4.96. The first kappa shape index (κ1) is 12.5. The summed E-state index contributed by atoms with van der Waals surface area (Å²) in [6.07, 6.45) is 1.32. The van der Waals surface area contributed by atoms with Gasteiger partial charge in [-0.1, -0.05) is 24.3 Å². The second-order valence-corrected chi connectivity index (χ2v) is 4.09. The summed E-state index contributed by atoms with van der Waals surface area (Å²) in [5.74, 6) is -0.120. The molecule has 1 N–H and O–H groups in total. The highest BCUT2D eigenvalue weighted by atomic mass is 16.5. The van der Waals surface area contributed by atoms with E-state index in [1.807, 2.05) is 30.3 Å². The number of pyridine rings is 1. The molecule has 94 valence electrons. The minimum Gasteiger partial charge on any atom is -0.372 e. The van der Waals surface area contributed by atoms with Crippen LogP contribution in [0.4, 0.5) is 0 Å². The Labute approximate surface area is 106 Å². The lowest BCUT2D eigenvalue weighted by atomic mass is 10.1. The lowest BCUT2D eigenvalue weighted by Gasteiger charge is -2.11. The van der Waals surface area contributed by atoms with Crippen molar-refractivity contribution in [3.8, 4) is 0 Å². The van der Waals surface area contributed by atoms with Crippen molar-refractivity contribution >= 4 is 16.8 Å². The molecule has 0 aliphatic heterocycles. The van der Waals surface area contributed by atoms with Crippen LogP contribution in [-0.4, -0.2) is 24.1 Å². The molecule has 1 amide bonds. The fourth-order valence-electron chi connectivity index (χ4n) is 1.74. The number of amides is 1. The van der Waals surface area contributed by atoms with Gasteiger partial charge in [0.25, 0.3) is 0 Å². The Hall–Kier alpha value is -1.94. The average Bonchev–Trinajstić information content (AvgIpc) is 2.43. The molecule has 1 atom stereocenters. The molecule has 0 radical (unpaired) electrons. The van der Waals surface area contributed by atoms with Gasteiger partial charge in [-0.3, -0.25) is 9.78 Å². The van der Waals surface area contributed by atoms with Crippen LogP contribution in [0.2, 0.25) is 0 Å². The van der Waals surface area contributed by atoms with Gasteiger partial charge in [0.1, 0.15) is 6.10 Å². The molecule has 0 aliphatic rings. The number of fused-ring (bicyclic) bond motifs is 1. The summed E-state index contributed by atoms with van der Waals surface area (Å²) in [5, 5.41) is 3.91. The Balaban J connectivity index is 2.15. The molecular weight excluding hydrogens is 228 g/mol. The predicted octanol–water partition coefficient (Wildman–Crippen LogP) is 1.89. The van der Waals surface area contributed by atoms with Crippen molar-refractivity contribution in [3.63, 3.8) is 0 Å². The number of nitrogens with zero attached hydrogens (tertiary/aromatic N) is 1. The summed E-state index contributed by atoms with van der Waals surface area (Å²) in [4.78, 5) is 16.0. The van der Waals surface area contributed by atoms with Crippen LogP contribution in [0.25, 0.3) is 10.9 Å². The maximum absolute atomic E-state index is 11.6. The highest BCUT2D eigenvalue weighted by Gasteiger charge is 2.11. The Kier molecular flexibility index (Phi) is 3.89. The van der Waals surface area contributed by atoms with Crippen LogP contribution in [0.1, 0.15) is 12.5 Å². The second-order valence-electron chi connectivity index (χ2n) is 4.09. The molecule has 2 rings (SSSR count). The van der Waals surface area contributed by atoms with Crippen LogP contribution in [0, 0.1) is 0 Å². The van der Waals surface area contributed by atoms with E-state index < -0.39 is 6.10 Å². The van der Waals surface area contributed by atoms with Gasteiger partial charge in [-0.15, -0.1) is 0 Å². The van der Waals surface area contributed by atoms with Crippen LogP contribution >= 0.6 is 0 Å². The number of methoxy groups -OCH3 is 1. The van der Waals surface area contributed by atoms with Gasteiger partial charge in [0.15, 0.2) is 0 Å². The molecule has 0 aliphatic carbocycles. The van der Waals surface area contributed by atoms with Crippen molar-refractivity contribution in [2.24, 2.45) is 0 Å². The third-order valence-electron chi connectivity index (χ3n) is 2.89. The van der Waals surface area contributed by atoms with Crippen molar-refractivity contribution in [1.82, 2.24) is 10.3 Å². The predicted molar refractivity (Wildman–Crippen MR) is 70.1 cm³/mol. The van der Waals surface area contributed by atoms with E-state index in [0.29, 0.717) is 6.54 Å². The Morgan fingerprint density at radius 3 is 2.94 bits per heavy atom.